The molecule has 1 fully saturated rings. The molecule has 0 saturated carbocycles. The summed E-state index contributed by atoms with van der Waals surface area (Å²) in [5.74, 6) is 0.939. The van der Waals surface area contributed by atoms with E-state index in [1.165, 1.54) is 0 Å². The molecule has 5 rings (SSSR count). The molecule has 1 unspecified atom stereocenters. The lowest BCUT2D eigenvalue weighted by molar-refractivity contribution is -0.133. The number of anilines is 1. The second-order valence-corrected chi connectivity index (χ2v) is 13.5. The van der Waals surface area contributed by atoms with Gasteiger partial charge in [0, 0.05) is 40.0 Å². The minimum Gasteiger partial charge on any atom is -0.494 e. The number of rotatable bonds is 9. The van der Waals surface area contributed by atoms with Crippen molar-refractivity contribution in [2.45, 2.75) is 58.7 Å². The van der Waals surface area contributed by atoms with E-state index < -0.39 is 11.6 Å². The molecule has 2 amide bonds. The molecule has 4 aromatic rings. The van der Waals surface area contributed by atoms with Crippen molar-refractivity contribution in [3.63, 3.8) is 0 Å². The average molecular weight is 629 g/mol. The number of hydrogen-bond donors (Lipinski definition) is 2. The third-order valence-electron chi connectivity index (χ3n) is 8.22. The molecule has 1 aliphatic heterocycles. The predicted octanol–water partition coefficient (Wildman–Crippen LogP) is 7.07. The SMILES string of the molecule is COc1cnc(O[C@@H]2CCN(C(=O)C(Nc3ccc(C(=O)NC(C)(C)c4ccccc4)cc3)C(C)(C)C)C2)c2cc(Cl)ccc12. The first-order valence-electron chi connectivity index (χ1n) is 15.2. The van der Waals surface area contributed by atoms with E-state index in [9.17, 15) is 9.59 Å². The van der Waals surface area contributed by atoms with Crippen molar-refractivity contribution in [3.8, 4) is 11.6 Å². The fourth-order valence-electron chi connectivity index (χ4n) is 5.60. The number of hydrogen-bond acceptors (Lipinski definition) is 6. The Morgan fingerprint density at radius 3 is 2.36 bits per heavy atom. The standard InChI is InChI=1S/C36H41ClN4O4/c1-35(2,3)31(39-26-15-12-23(13-16-26)32(42)40-36(4,5)24-10-8-7-9-11-24)34(43)41-19-18-27(22-41)45-33-29-20-25(37)14-17-28(29)30(44-6)21-38-33/h7-17,20-21,27,31,39H,18-19,22H2,1-6H3,(H,40,42)/t27-,31?/m1/s1. The third-order valence-corrected chi connectivity index (χ3v) is 8.46. The van der Waals surface area contributed by atoms with Crippen LogP contribution in [0.2, 0.25) is 5.02 Å². The fourth-order valence-corrected chi connectivity index (χ4v) is 5.77. The lowest BCUT2D eigenvalue weighted by atomic mass is 9.85. The molecule has 1 aliphatic rings. The van der Waals surface area contributed by atoms with Gasteiger partial charge in [-0.2, -0.15) is 0 Å². The molecule has 45 heavy (non-hydrogen) atoms. The Hall–Kier alpha value is -4.30. The lowest BCUT2D eigenvalue weighted by Gasteiger charge is -2.34. The number of fused-ring (bicyclic) bond motifs is 1. The van der Waals surface area contributed by atoms with Crippen molar-refractivity contribution in [2.75, 3.05) is 25.5 Å². The number of benzene rings is 3. The highest BCUT2D eigenvalue weighted by Gasteiger charge is 2.38. The second kappa shape index (κ2) is 13.0. The van der Waals surface area contributed by atoms with Gasteiger partial charge < -0.3 is 25.0 Å². The van der Waals surface area contributed by atoms with Crippen molar-refractivity contribution < 1.29 is 19.1 Å². The van der Waals surface area contributed by atoms with Crippen LogP contribution in [0.25, 0.3) is 10.8 Å². The van der Waals surface area contributed by atoms with Crippen LogP contribution in [-0.2, 0) is 10.3 Å². The molecule has 0 aliphatic carbocycles. The number of pyridine rings is 1. The van der Waals surface area contributed by atoms with Crippen LogP contribution in [0.15, 0.2) is 79.0 Å². The fraction of sp³-hybridized carbons (Fsp3) is 0.361. The molecule has 236 valence electrons. The van der Waals surface area contributed by atoms with Crippen molar-refractivity contribution in [1.29, 1.82) is 0 Å². The Kier molecular flexibility index (Phi) is 9.26. The average Bonchev–Trinajstić information content (AvgIpc) is 3.48. The van der Waals surface area contributed by atoms with Crippen molar-refractivity contribution >= 4 is 39.9 Å². The number of aromatic nitrogens is 1. The zero-order valence-electron chi connectivity index (χ0n) is 26.7. The van der Waals surface area contributed by atoms with E-state index in [4.69, 9.17) is 21.1 Å². The van der Waals surface area contributed by atoms with Gasteiger partial charge in [0.2, 0.25) is 11.8 Å². The largest absolute Gasteiger partial charge is 0.494 e. The van der Waals surface area contributed by atoms with E-state index in [1.54, 1.807) is 31.5 Å². The van der Waals surface area contributed by atoms with Crippen LogP contribution in [0.4, 0.5) is 5.69 Å². The molecule has 3 aromatic carbocycles. The molecule has 2 heterocycles. The highest BCUT2D eigenvalue weighted by molar-refractivity contribution is 6.31. The summed E-state index contributed by atoms with van der Waals surface area (Å²) in [6.45, 7) is 11.1. The molecule has 1 saturated heterocycles. The number of methoxy groups -OCH3 is 1. The highest BCUT2D eigenvalue weighted by Crippen LogP contribution is 2.34. The molecule has 0 radical (unpaired) electrons. The second-order valence-electron chi connectivity index (χ2n) is 13.1. The van der Waals surface area contributed by atoms with Crippen LogP contribution in [0.3, 0.4) is 0 Å². The Morgan fingerprint density at radius 1 is 0.978 bits per heavy atom. The number of likely N-dealkylation sites (tertiary alicyclic amines) is 1. The zero-order chi connectivity index (χ0) is 32.4. The number of nitrogens with zero attached hydrogens (tertiary/aromatic N) is 2. The molecular formula is C36H41ClN4O4. The van der Waals surface area contributed by atoms with E-state index in [1.807, 2.05) is 94.1 Å². The smallest absolute Gasteiger partial charge is 0.251 e. The number of ether oxygens (including phenoxy) is 2. The monoisotopic (exact) mass is 628 g/mol. The summed E-state index contributed by atoms with van der Waals surface area (Å²) in [4.78, 5) is 33.3. The maximum atomic E-state index is 13.9. The molecule has 2 atom stereocenters. The van der Waals surface area contributed by atoms with Crippen LogP contribution in [0, 0.1) is 5.41 Å². The van der Waals surface area contributed by atoms with Crippen LogP contribution in [-0.4, -0.2) is 54.0 Å². The van der Waals surface area contributed by atoms with Crippen molar-refractivity contribution in [3.05, 3.63) is 95.1 Å². The van der Waals surface area contributed by atoms with Gasteiger partial charge in [-0.1, -0.05) is 62.7 Å². The molecular weight excluding hydrogens is 588 g/mol. The van der Waals surface area contributed by atoms with Crippen LogP contribution < -0.4 is 20.1 Å². The highest BCUT2D eigenvalue weighted by atomic mass is 35.5. The molecule has 0 spiro atoms. The Labute approximate surface area is 270 Å². The van der Waals surface area contributed by atoms with Gasteiger partial charge in [0.25, 0.3) is 5.91 Å². The minimum absolute atomic E-state index is 0.00405. The van der Waals surface area contributed by atoms with Gasteiger partial charge >= 0.3 is 0 Å². The zero-order valence-corrected chi connectivity index (χ0v) is 27.4. The van der Waals surface area contributed by atoms with Gasteiger partial charge in [0.15, 0.2) is 0 Å². The Bertz CT molecular complexity index is 1670. The Balaban J connectivity index is 1.25. The normalized spacial score (nSPS) is 15.9. The maximum absolute atomic E-state index is 13.9. The number of carbonyl (C=O) groups is 2. The summed E-state index contributed by atoms with van der Waals surface area (Å²) in [5.41, 5.74) is 1.43. The molecule has 9 heteroatoms. The quantitative estimate of drug-likeness (QED) is 0.206. The maximum Gasteiger partial charge on any atom is 0.251 e. The van der Waals surface area contributed by atoms with Crippen LogP contribution >= 0.6 is 11.6 Å². The van der Waals surface area contributed by atoms with Gasteiger partial charge in [-0.3, -0.25) is 9.59 Å². The number of amides is 2. The first kappa shape index (κ1) is 32.1. The summed E-state index contributed by atoms with van der Waals surface area (Å²) in [6, 6.07) is 22.1. The van der Waals surface area contributed by atoms with Crippen molar-refractivity contribution in [1.82, 2.24) is 15.2 Å². The van der Waals surface area contributed by atoms with Gasteiger partial charge in [-0.15, -0.1) is 0 Å². The minimum atomic E-state index is -0.528. The number of nitrogens with one attached hydrogen (secondary N) is 2. The number of carbonyl (C=O) groups excluding carboxylic acids is 2. The van der Waals surface area contributed by atoms with E-state index >= 15 is 0 Å². The van der Waals surface area contributed by atoms with Crippen LogP contribution in [0.5, 0.6) is 11.6 Å². The molecule has 8 nitrogen and oxygen atoms in total. The molecule has 1 aromatic heterocycles. The lowest BCUT2D eigenvalue weighted by Crippen LogP contribution is -2.49. The summed E-state index contributed by atoms with van der Waals surface area (Å²) < 4.78 is 11.8. The van der Waals surface area contributed by atoms with Crippen LogP contribution in [0.1, 0.15) is 57.0 Å². The summed E-state index contributed by atoms with van der Waals surface area (Å²) in [5, 5.41) is 8.76. The first-order valence-corrected chi connectivity index (χ1v) is 15.6. The predicted molar refractivity (Wildman–Crippen MR) is 179 cm³/mol. The number of halogens is 1. The summed E-state index contributed by atoms with van der Waals surface area (Å²) >= 11 is 6.28. The topological polar surface area (TPSA) is 92.8 Å². The van der Waals surface area contributed by atoms with Gasteiger partial charge in [-0.05, 0) is 67.3 Å². The van der Waals surface area contributed by atoms with Crippen molar-refractivity contribution in [2.24, 2.45) is 5.41 Å². The first-order chi connectivity index (χ1) is 21.4. The van der Waals surface area contributed by atoms with Gasteiger partial charge in [0.1, 0.15) is 17.9 Å². The van der Waals surface area contributed by atoms with E-state index in [2.05, 4.69) is 15.6 Å². The molecule has 0 bridgehead atoms. The van der Waals surface area contributed by atoms with E-state index in [-0.39, 0.29) is 23.3 Å². The van der Waals surface area contributed by atoms with E-state index in [0.717, 1.165) is 22.0 Å². The third kappa shape index (κ3) is 7.34. The summed E-state index contributed by atoms with van der Waals surface area (Å²) in [7, 11) is 1.60. The Morgan fingerprint density at radius 2 is 1.69 bits per heavy atom. The van der Waals surface area contributed by atoms with E-state index in [0.29, 0.717) is 41.7 Å². The molecule has 2 N–H and O–H groups in total. The van der Waals surface area contributed by atoms with Gasteiger partial charge in [0.05, 0.1) is 25.4 Å². The summed E-state index contributed by atoms with van der Waals surface area (Å²) in [6.07, 6.45) is 2.11. The van der Waals surface area contributed by atoms with Gasteiger partial charge in [-0.25, -0.2) is 4.98 Å².